The van der Waals surface area contributed by atoms with E-state index in [0.717, 1.165) is 5.56 Å². The topological polar surface area (TPSA) is 82.5 Å². The summed E-state index contributed by atoms with van der Waals surface area (Å²) in [6, 6.07) is 9.41. The first kappa shape index (κ1) is 14.3. The highest BCUT2D eigenvalue weighted by Gasteiger charge is 2.53. The summed E-state index contributed by atoms with van der Waals surface area (Å²) in [7, 11) is 0. The molecule has 2 saturated heterocycles. The Kier molecular flexibility index (Phi) is 3.84. The molecule has 1 aromatic rings. The lowest BCUT2D eigenvalue weighted by Crippen LogP contribution is -2.59. The highest BCUT2D eigenvalue weighted by atomic mass is 16.6. The van der Waals surface area contributed by atoms with E-state index in [-0.39, 0.29) is 19.3 Å². The van der Waals surface area contributed by atoms with Crippen LogP contribution >= 0.6 is 0 Å². The Morgan fingerprint density at radius 2 is 2.14 bits per heavy atom. The molecule has 1 amide bonds. The van der Waals surface area contributed by atoms with Crippen LogP contribution < -0.4 is 0 Å². The Labute approximate surface area is 122 Å². The predicted molar refractivity (Wildman–Crippen MR) is 73.5 cm³/mol. The van der Waals surface area contributed by atoms with Crippen molar-refractivity contribution in [2.24, 2.45) is 0 Å². The normalized spacial score (nSPS) is 31.8. The Hall–Kier alpha value is -1.63. The fourth-order valence-corrected chi connectivity index (χ4v) is 2.63. The molecule has 0 spiro atoms. The Morgan fingerprint density at radius 3 is 2.76 bits per heavy atom. The molecule has 0 radical (unpaired) electrons. The maximum absolute atomic E-state index is 12.0. The fourth-order valence-electron chi connectivity index (χ4n) is 2.63. The third-order valence-electron chi connectivity index (χ3n) is 4.11. The Morgan fingerprint density at radius 1 is 1.43 bits per heavy atom. The van der Waals surface area contributed by atoms with E-state index in [4.69, 9.17) is 9.47 Å². The Balaban J connectivity index is 1.52. The number of carbonyl (C=O) groups is 1. The van der Waals surface area contributed by atoms with E-state index in [2.05, 4.69) is 0 Å². The second-order valence-electron chi connectivity index (χ2n) is 5.57. The van der Waals surface area contributed by atoms with E-state index < -0.39 is 17.8 Å². The summed E-state index contributed by atoms with van der Waals surface area (Å²) in [5.74, 6) is 0. The van der Waals surface area contributed by atoms with Gasteiger partial charge in [0.2, 0.25) is 0 Å². The van der Waals surface area contributed by atoms with E-state index in [0.29, 0.717) is 19.6 Å². The van der Waals surface area contributed by atoms with Crippen LogP contribution in [-0.2, 0) is 16.1 Å². The van der Waals surface area contributed by atoms with Crippen LogP contribution in [0.15, 0.2) is 30.3 Å². The molecule has 6 nitrogen and oxygen atoms in total. The van der Waals surface area contributed by atoms with Crippen molar-refractivity contribution in [1.82, 2.24) is 4.90 Å². The molecule has 3 unspecified atom stereocenters. The zero-order valence-corrected chi connectivity index (χ0v) is 11.6. The predicted octanol–water partition coefficient (Wildman–Crippen LogP) is 0.520. The zero-order chi connectivity index (χ0) is 14.9. The smallest absolute Gasteiger partial charge is 0.410 e. The fraction of sp³-hybridized carbons (Fsp3) is 0.533. The molecule has 2 fully saturated rings. The molecule has 3 atom stereocenters. The molecule has 114 valence electrons. The molecule has 0 aliphatic carbocycles. The molecule has 6 heteroatoms. The first-order valence-electron chi connectivity index (χ1n) is 7.07. The molecular weight excluding hydrogens is 274 g/mol. The van der Waals surface area contributed by atoms with E-state index in [9.17, 15) is 15.0 Å². The van der Waals surface area contributed by atoms with Gasteiger partial charge in [0.05, 0.1) is 13.2 Å². The number of benzene rings is 1. The minimum atomic E-state index is -1.24. The number of piperidine rings is 1. The van der Waals surface area contributed by atoms with Crippen molar-refractivity contribution in [3.8, 4) is 0 Å². The molecule has 0 aromatic heterocycles. The number of aliphatic hydroxyl groups excluding tert-OH is 1. The summed E-state index contributed by atoms with van der Waals surface area (Å²) in [5.41, 5.74) is -0.331. The van der Waals surface area contributed by atoms with Gasteiger partial charge in [-0.1, -0.05) is 30.3 Å². The van der Waals surface area contributed by atoms with Gasteiger partial charge in [0.1, 0.15) is 24.4 Å². The molecule has 21 heavy (non-hydrogen) atoms. The SMILES string of the molecule is O=C(OCc1ccccc1)N1CCC(O)(C2CO2)C(O)C1. The van der Waals surface area contributed by atoms with Gasteiger partial charge >= 0.3 is 6.09 Å². The first-order chi connectivity index (χ1) is 10.1. The van der Waals surface area contributed by atoms with Crippen molar-refractivity contribution in [3.05, 3.63) is 35.9 Å². The van der Waals surface area contributed by atoms with Crippen LogP contribution in [0.25, 0.3) is 0 Å². The van der Waals surface area contributed by atoms with Gasteiger partial charge in [-0.15, -0.1) is 0 Å². The average Bonchev–Trinajstić information content (AvgIpc) is 3.34. The van der Waals surface area contributed by atoms with Gasteiger partial charge < -0.3 is 24.6 Å². The van der Waals surface area contributed by atoms with Crippen LogP contribution in [0.3, 0.4) is 0 Å². The molecule has 0 saturated carbocycles. The number of hydrogen-bond donors (Lipinski definition) is 2. The molecule has 3 rings (SSSR count). The molecular formula is C15H19NO5. The lowest BCUT2D eigenvalue weighted by Gasteiger charge is -2.40. The zero-order valence-electron chi connectivity index (χ0n) is 11.6. The summed E-state index contributed by atoms with van der Waals surface area (Å²) < 4.78 is 10.3. The second-order valence-corrected chi connectivity index (χ2v) is 5.57. The van der Waals surface area contributed by atoms with Crippen molar-refractivity contribution in [2.75, 3.05) is 19.7 Å². The number of ether oxygens (including phenoxy) is 2. The van der Waals surface area contributed by atoms with Crippen molar-refractivity contribution in [1.29, 1.82) is 0 Å². The van der Waals surface area contributed by atoms with Gasteiger partial charge in [-0.3, -0.25) is 0 Å². The van der Waals surface area contributed by atoms with Gasteiger partial charge in [-0.25, -0.2) is 4.79 Å². The molecule has 2 N–H and O–H groups in total. The summed E-state index contributed by atoms with van der Waals surface area (Å²) in [5, 5.41) is 20.4. The van der Waals surface area contributed by atoms with E-state index in [1.807, 2.05) is 30.3 Å². The largest absolute Gasteiger partial charge is 0.445 e. The minimum absolute atomic E-state index is 0.0595. The van der Waals surface area contributed by atoms with Gasteiger partial charge in [-0.2, -0.15) is 0 Å². The van der Waals surface area contributed by atoms with E-state index in [1.165, 1.54) is 4.90 Å². The standard InChI is InChI=1S/C15H19NO5/c17-12-8-16(7-6-15(12,19)13-10-20-13)14(18)21-9-11-4-2-1-3-5-11/h1-5,12-13,17,19H,6-10H2. The Bertz CT molecular complexity index is 504. The van der Waals surface area contributed by atoms with Crippen LogP contribution in [0.4, 0.5) is 4.79 Å². The van der Waals surface area contributed by atoms with Crippen LogP contribution in [-0.4, -0.2) is 58.7 Å². The van der Waals surface area contributed by atoms with Gasteiger partial charge in [-0.05, 0) is 12.0 Å². The van der Waals surface area contributed by atoms with Gasteiger partial charge in [0.15, 0.2) is 0 Å². The van der Waals surface area contributed by atoms with E-state index >= 15 is 0 Å². The molecule has 2 heterocycles. The van der Waals surface area contributed by atoms with Gasteiger partial charge in [0.25, 0.3) is 0 Å². The summed E-state index contributed by atoms with van der Waals surface area (Å²) in [6.07, 6.45) is -1.51. The minimum Gasteiger partial charge on any atom is -0.445 e. The number of rotatable bonds is 3. The second kappa shape index (κ2) is 5.63. The molecule has 2 aliphatic rings. The van der Waals surface area contributed by atoms with Crippen LogP contribution in [0.5, 0.6) is 0 Å². The molecule has 2 aliphatic heterocycles. The van der Waals surface area contributed by atoms with Crippen molar-refractivity contribution < 1.29 is 24.5 Å². The van der Waals surface area contributed by atoms with Gasteiger partial charge in [0, 0.05) is 6.54 Å². The number of hydrogen-bond acceptors (Lipinski definition) is 5. The lowest BCUT2D eigenvalue weighted by atomic mass is 9.86. The van der Waals surface area contributed by atoms with Crippen LogP contribution in [0.2, 0.25) is 0 Å². The maximum Gasteiger partial charge on any atom is 0.410 e. The third-order valence-corrected chi connectivity index (χ3v) is 4.11. The van der Waals surface area contributed by atoms with Crippen molar-refractivity contribution >= 4 is 6.09 Å². The van der Waals surface area contributed by atoms with Crippen LogP contribution in [0, 0.1) is 0 Å². The first-order valence-corrected chi connectivity index (χ1v) is 7.07. The third kappa shape index (κ3) is 3.02. The van der Waals surface area contributed by atoms with Crippen molar-refractivity contribution in [3.63, 3.8) is 0 Å². The number of amides is 1. The lowest BCUT2D eigenvalue weighted by molar-refractivity contribution is -0.127. The number of likely N-dealkylation sites (tertiary alicyclic amines) is 1. The van der Waals surface area contributed by atoms with E-state index in [1.54, 1.807) is 0 Å². The number of β-amino-alcohol motifs (C(OH)–C–C–N with tert-alkyl or cyclic N) is 1. The van der Waals surface area contributed by atoms with Crippen LogP contribution in [0.1, 0.15) is 12.0 Å². The molecule has 0 bridgehead atoms. The summed E-state index contributed by atoms with van der Waals surface area (Å²) >= 11 is 0. The molecule has 1 aromatic carbocycles. The van der Waals surface area contributed by atoms with Crippen molar-refractivity contribution in [2.45, 2.75) is 30.8 Å². The monoisotopic (exact) mass is 293 g/mol. The maximum atomic E-state index is 12.0. The average molecular weight is 293 g/mol. The summed E-state index contributed by atoms with van der Waals surface area (Å²) in [4.78, 5) is 13.4. The highest BCUT2D eigenvalue weighted by Crippen LogP contribution is 2.34. The number of aliphatic hydroxyl groups is 2. The number of epoxide rings is 1. The summed E-state index contributed by atoms with van der Waals surface area (Å²) in [6.45, 7) is 1.07. The highest BCUT2D eigenvalue weighted by molar-refractivity contribution is 5.68. The number of carbonyl (C=O) groups excluding carboxylic acids is 1. The quantitative estimate of drug-likeness (QED) is 0.794. The number of nitrogens with zero attached hydrogens (tertiary/aromatic N) is 1.